The monoisotopic (exact) mass is 349 g/mol. The van der Waals surface area contributed by atoms with Gasteiger partial charge in [0, 0.05) is 41.1 Å². The Labute approximate surface area is 151 Å². The van der Waals surface area contributed by atoms with E-state index in [0.717, 1.165) is 40.4 Å². The predicted molar refractivity (Wildman–Crippen MR) is 96.0 cm³/mol. The number of aromatic nitrogens is 2. The molecular weight excluding hydrogens is 330 g/mol. The van der Waals surface area contributed by atoms with Crippen LogP contribution in [0.1, 0.15) is 40.3 Å². The third-order valence-corrected chi connectivity index (χ3v) is 4.46. The number of hydrogen-bond acceptors (Lipinski definition) is 5. The number of aryl methyl sites for hydroxylation is 2. The molecule has 0 saturated carbocycles. The van der Waals surface area contributed by atoms with Gasteiger partial charge in [-0.3, -0.25) is 9.78 Å². The maximum Gasteiger partial charge on any atom is 0.252 e. The van der Waals surface area contributed by atoms with Gasteiger partial charge in [-0.05, 0) is 25.1 Å². The van der Waals surface area contributed by atoms with Gasteiger partial charge in [0.2, 0.25) is 0 Å². The summed E-state index contributed by atoms with van der Waals surface area (Å²) in [5, 5.41) is 7.12. The highest BCUT2D eigenvalue weighted by molar-refractivity contribution is 5.94. The summed E-state index contributed by atoms with van der Waals surface area (Å²) in [5.41, 5.74) is 4.09. The average molecular weight is 349 g/mol. The molecule has 1 atom stereocenters. The Balaban J connectivity index is 1.53. The topological polar surface area (TPSA) is 77.2 Å². The smallest absolute Gasteiger partial charge is 0.252 e. The largest absolute Gasteiger partial charge is 0.491 e. The fraction of sp³-hybridized carbons (Fsp3) is 0.250. The number of benzene rings is 1. The highest BCUT2D eigenvalue weighted by Crippen LogP contribution is 2.36. The molecule has 0 radical (unpaired) electrons. The molecule has 6 heteroatoms. The minimum absolute atomic E-state index is 0.134. The summed E-state index contributed by atoms with van der Waals surface area (Å²) in [7, 11) is 0. The molecule has 0 bridgehead atoms. The Morgan fingerprint density at radius 3 is 2.92 bits per heavy atom. The lowest BCUT2D eigenvalue weighted by Gasteiger charge is -2.12. The number of fused-ring (bicyclic) bond motifs is 1. The quantitative estimate of drug-likeness (QED) is 0.780. The second-order valence-corrected chi connectivity index (χ2v) is 6.31. The second-order valence-electron chi connectivity index (χ2n) is 6.31. The molecule has 2 aromatic heterocycles. The summed E-state index contributed by atoms with van der Waals surface area (Å²) in [6.45, 7) is 4.29. The van der Waals surface area contributed by atoms with Crippen molar-refractivity contribution in [1.29, 1.82) is 0 Å². The third-order valence-electron chi connectivity index (χ3n) is 4.46. The first-order chi connectivity index (χ1) is 12.6. The van der Waals surface area contributed by atoms with Gasteiger partial charge in [0.05, 0.1) is 6.04 Å². The van der Waals surface area contributed by atoms with E-state index in [1.807, 2.05) is 38.1 Å². The number of nitrogens with one attached hydrogen (secondary N) is 1. The van der Waals surface area contributed by atoms with Crippen LogP contribution in [0, 0.1) is 6.92 Å². The van der Waals surface area contributed by atoms with E-state index in [4.69, 9.17) is 9.26 Å². The molecule has 0 unspecified atom stereocenters. The number of rotatable bonds is 4. The van der Waals surface area contributed by atoms with Crippen molar-refractivity contribution >= 4 is 5.91 Å². The minimum atomic E-state index is -0.177. The van der Waals surface area contributed by atoms with E-state index in [-0.39, 0.29) is 11.9 Å². The molecule has 6 nitrogen and oxygen atoms in total. The predicted octanol–water partition coefficient (Wildman–Crippen LogP) is 3.47. The zero-order valence-corrected chi connectivity index (χ0v) is 14.7. The molecule has 1 amide bonds. The molecule has 26 heavy (non-hydrogen) atoms. The fourth-order valence-corrected chi connectivity index (χ4v) is 3.03. The van der Waals surface area contributed by atoms with Gasteiger partial charge in [0.15, 0.2) is 0 Å². The summed E-state index contributed by atoms with van der Waals surface area (Å²) in [4.78, 5) is 16.6. The maximum absolute atomic E-state index is 12.5. The molecule has 0 fully saturated rings. The van der Waals surface area contributed by atoms with Crippen molar-refractivity contribution in [2.24, 2.45) is 0 Å². The Kier molecular flexibility index (Phi) is 4.16. The van der Waals surface area contributed by atoms with Crippen LogP contribution >= 0.6 is 0 Å². The van der Waals surface area contributed by atoms with Crippen LogP contribution in [0.2, 0.25) is 0 Å². The number of amides is 1. The van der Waals surface area contributed by atoms with Gasteiger partial charge in [-0.15, -0.1) is 0 Å². The van der Waals surface area contributed by atoms with Gasteiger partial charge < -0.3 is 14.6 Å². The zero-order valence-electron chi connectivity index (χ0n) is 14.7. The lowest BCUT2D eigenvalue weighted by molar-refractivity contribution is 0.0930. The van der Waals surface area contributed by atoms with E-state index in [0.29, 0.717) is 12.2 Å². The van der Waals surface area contributed by atoms with Crippen LogP contribution in [0.3, 0.4) is 0 Å². The van der Waals surface area contributed by atoms with E-state index in [2.05, 4.69) is 15.5 Å². The molecule has 4 rings (SSSR count). The highest BCUT2D eigenvalue weighted by Gasteiger charge is 2.26. The maximum atomic E-state index is 12.5. The molecule has 132 valence electrons. The molecule has 1 N–H and O–H groups in total. The number of hydrogen-bond donors (Lipinski definition) is 1. The molecule has 0 aliphatic carbocycles. The molecule has 1 aromatic carbocycles. The van der Waals surface area contributed by atoms with Crippen molar-refractivity contribution in [2.45, 2.75) is 26.3 Å². The van der Waals surface area contributed by atoms with Crippen LogP contribution in [-0.4, -0.2) is 22.7 Å². The third kappa shape index (κ3) is 3.06. The molecule has 3 heterocycles. The molecular formula is C20H19N3O3. The lowest BCUT2D eigenvalue weighted by Crippen LogP contribution is -2.29. The summed E-state index contributed by atoms with van der Waals surface area (Å²) in [6.07, 6.45) is 2.44. The Bertz CT molecular complexity index is 964. The normalized spacial score (nSPS) is 15.4. The first kappa shape index (κ1) is 16.3. The number of pyridine rings is 1. The molecule has 1 aliphatic rings. The van der Waals surface area contributed by atoms with E-state index in [1.165, 1.54) is 0 Å². The summed E-state index contributed by atoms with van der Waals surface area (Å²) in [6, 6.07) is 11.1. The van der Waals surface area contributed by atoms with E-state index in [9.17, 15) is 4.79 Å². The molecule has 3 aromatic rings. The zero-order chi connectivity index (χ0) is 18.1. The fourth-order valence-electron chi connectivity index (χ4n) is 3.03. The number of nitrogens with zero attached hydrogens (tertiary/aromatic N) is 2. The van der Waals surface area contributed by atoms with Gasteiger partial charge in [0.1, 0.15) is 23.8 Å². The summed E-state index contributed by atoms with van der Waals surface area (Å²) >= 11 is 0. The van der Waals surface area contributed by atoms with Crippen LogP contribution < -0.4 is 10.1 Å². The molecule has 1 aliphatic heterocycles. The van der Waals surface area contributed by atoms with Gasteiger partial charge >= 0.3 is 0 Å². The van der Waals surface area contributed by atoms with E-state index < -0.39 is 0 Å². The standard InChI is InChI=1S/C20H19N3O3/c1-3-15-10-17(23-26-15)13-4-5-16-18(11-25-19(16)9-13)22-20(24)14-6-7-21-12(2)8-14/h4-10,18H,3,11H2,1-2H3,(H,22,24)/t18-/m1/s1. The average Bonchev–Trinajstić information content (AvgIpc) is 3.28. The van der Waals surface area contributed by atoms with Crippen molar-refractivity contribution < 1.29 is 14.1 Å². The summed E-state index contributed by atoms with van der Waals surface area (Å²) < 4.78 is 11.0. The van der Waals surface area contributed by atoms with Gasteiger partial charge in [0.25, 0.3) is 5.91 Å². The van der Waals surface area contributed by atoms with Crippen molar-refractivity contribution in [1.82, 2.24) is 15.5 Å². The van der Waals surface area contributed by atoms with E-state index in [1.54, 1.807) is 18.3 Å². The Morgan fingerprint density at radius 2 is 2.15 bits per heavy atom. The van der Waals surface area contributed by atoms with Crippen molar-refractivity contribution in [2.75, 3.05) is 6.61 Å². The number of carbonyl (C=O) groups excluding carboxylic acids is 1. The first-order valence-electron chi connectivity index (χ1n) is 8.60. The summed E-state index contributed by atoms with van der Waals surface area (Å²) in [5.74, 6) is 1.48. The van der Waals surface area contributed by atoms with Gasteiger partial charge in [-0.2, -0.15) is 0 Å². The highest BCUT2D eigenvalue weighted by atomic mass is 16.5. The van der Waals surface area contributed by atoms with Crippen LogP contribution in [0.4, 0.5) is 0 Å². The van der Waals surface area contributed by atoms with Crippen molar-refractivity contribution in [3.8, 4) is 17.0 Å². The Morgan fingerprint density at radius 1 is 1.27 bits per heavy atom. The van der Waals surface area contributed by atoms with Crippen molar-refractivity contribution in [3.05, 3.63) is 65.2 Å². The van der Waals surface area contributed by atoms with E-state index >= 15 is 0 Å². The second kappa shape index (κ2) is 6.63. The molecule has 0 spiro atoms. The van der Waals surface area contributed by atoms with Crippen LogP contribution in [-0.2, 0) is 6.42 Å². The van der Waals surface area contributed by atoms with Gasteiger partial charge in [-0.1, -0.05) is 24.2 Å². The molecule has 0 saturated heterocycles. The minimum Gasteiger partial charge on any atom is -0.491 e. The van der Waals surface area contributed by atoms with Crippen LogP contribution in [0.25, 0.3) is 11.3 Å². The number of carbonyl (C=O) groups is 1. The van der Waals surface area contributed by atoms with Crippen molar-refractivity contribution in [3.63, 3.8) is 0 Å². The first-order valence-corrected chi connectivity index (χ1v) is 8.60. The SMILES string of the molecule is CCc1cc(-c2ccc3c(c2)OC[C@H]3NC(=O)c2ccnc(C)c2)no1. The Hall–Kier alpha value is -3.15. The van der Waals surface area contributed by atoms with Crippen LogP contribution in [0.15, 0.2) is 47.1 Å². The van der Waals surface area contributed by atoms with Gasteiger partial charge in [-0.25, -0.2) is 0 Å². The van der Waals surface area contributed by atoms with Crippen LogP contribution in [0.5, 0.6) is 5.75 Å². The lowest BCUT2D eigenvalue weighted by atomic mass is 10.0. The number of ether oxygens (including phenoxy) is 1.